The second-order valence-corrected chi connectivity index (χ2v) is 4.20. The number of carbonyl (C=O) groups excluding carboxylic acids is 1. The molecule has 0 unspecified atom stereocenters. The van der Waals surface area contributed by atoms with E-state index in [2.05, 4.69) is 10.3 Å². The van der Waals surface area contributed by atoms with Gasteiger partial charge in [0, 0.05) is 23.4 Å². The summed E-state index contributed by atoms with van der Waals surface area (Å²) in [7, 11) is 0. The number of carboxylic acid groups (broad SMARTS) is 1. The van der Waals surface area contributed by atoms with Crippen molar-refractivity contribution >= 4 is 12.4 Å². The van der Waals surface area contributed by atoms with Crippen LogP contribution in [0.15, 0.2) is 42.6 Å². The predicted molar refractivity (Wildman–Crippen MR) is 76.6 cm³/mol. The Hall–Kier alpha value is -2.89. The second kappa shape index (κ2) is 7.04. The summed E-state index contributed by atoms with van der Waals surface area (Å²) in [5, 5.41) is 10.7. The van der Waals surface area contributed by atoms with Gasteiger partial charge < -0.3 is 15.2 Å². The second-order valence-electron chi connectivity index (χ2n) is 4.20. The van der Waals surface area contributed by atoms with E-state index in [4.69, 9.17) is 9.84 Å². The number of pyridine rings is 1. The van der Waals surface area contributed by atoms with Crippen LogP contribution in [-0.2, 0) is 0 Å². The molecule has 0 aliphatic carbocycles. The van der Waals surface area contributed by atoms with Crippen molar-refractivity contribution in [3.8, 4) is 17.0 Å². The van der Waals surface area contributed by atoms with E-state index in [1.807, 2.05) is 6.07 Å². The summed E-state index contributed by atoms with van der Waals surface area (Å²) in [6.07, 6.45) is 1.30. The van der Waals surface area contributed by atoms with Gasteiger partial charge in [-0.3, -0.25) is 9.78 Å². The average molecular weight is 286 g/mol. The summed E-state index contributed by atoms with van der Waals surface area (Å²) in [5.74, 6) is 0.587. The van der Waals surface area contributed by atoms with E-state index in [-0.39, 0.29) is 13.2 Å². The lowest BCUT2D eigenvalue weighted by atomic mass is 10.1. The van der Waals surface area contributed by atoms with Gasteiger partial charge in [-0.25, -0.2) is 4.79 Å². The van der Waals surface area contributed by atoms with E-state index >= 15 is 0 Å². The summed E-state index contributed by atoms with van der Waals surface area (Å²) in [6, 6.07) is 10.5. The fraction of sp³-hybridized carbons (Fsp3) is 0.133. The molecule has 0 spiro atoms. The first-order chi connectivity index (χ1) is 10.2. The van der Waals surface area contributed by atoms with E-state index < -0.39 is 6.09 Å². The van der Waals surface area contributed by atoms with Crippen LogP contribution in [0.2, 0.25) is 0 Å². The Morgan fingerprint density at radius 1 is 1.33 bits per heavy atom. The highest BCUT2D eigenvalue weighted by molar-refractivity contribution is 5.78. The Morgan fingerprint density at radius 3 is 2.95 bits per heavy atom. The minimum absolute atomic E-state index is 0.202. The first kappa shape index (κ1) is 14.5. The van der Waals surface area contributed by atoms with Crippen molar-refractivity contribution in [1.29, 1.82) is 0 Å². The van der Waals surface area contributed by atoms with Gasteiger partial charge in [0.05, 0.1) is 12.2 Å². The number of aromatic nitrogens is 1. The van der Waals surface area contributed by atoms with E-state index in [0.717, 1.165) is 11.8 Å². The monoisotopic (exact) mass is 286 g/mol. The number of aldehydes is 1. The van der Waals surface area contributed by atoms with Gasteiger partial charge in [-0.1, -0.05) is 18.2 Å². The molecular weight excluding hydrogens is 272 g/mol. The Balaban J connectivity index is 2.06. The third-order valence-electron chi connectivity index (χ3n) is 2.70. The lowest BCUT2D eigenvalue weighted by Crippen LogP contribution is -2.26. The SMILES string of the molecule is O=Cc1cccc(-c2cc(OCCNC(=O)O)ccn2)c1. The molecule has 0 saturated carbocycles. The zero-order valence-corrected chi connectivity index (χ0v) is 11.2. The topological polar surface area (TPSA) is 88.5 Å². The lowest BCUT2D eigenvalue weighted by Gasteiger charge is -2.08. The lowest BCUT2D eigenvalue weighted by molar-refractivity contribution is 0.112. The van der Waals surface area contributed by atoms with Gasteiger partial charge >= 0.3 is 6.09 Å². The van der Waals surface area contributed by atoms with Crippen molar-refractivity contribution in [3.05, 3.63) is 48.2 Å². The van der Waals surface area contributed by atoms with Crippen LogP contribution in [0.5, 0.6) is 5.75 Å². The third-order valence-corrected chi connectivity index (χ3v) is 2.70. The molecule has 1 aromatic heterocycles. The van der Waals surface area contributed by atoms with Crippen LogP contribution in [0.1, 0.15) is 10.4 Å². The Kier molecular flexibility index (Phi) is 4.87. The maximum absolute atomic E-state index is 10.8. The van der Waals surface area contributed by atoms with Crippen molar-refractivity contribution in [1.82, 2.24) is 10.3 Å². The molecule has 0 aliphatic heterocycles. The van der Waals surface area contributed by atoms with Gasteiger partial charge in [0.1, 0.15) is 18.6 Å². The number of benzene rings is 1. The molecule has 1 aromatic carbocycles. The summed E-state index contributed by atoms with van der Waals surface area (Å²) in [5.41, 5.74) is 2.07. The number of hydrogen-bond donors (Lipinski definition) is 2. The minimum Gasteiger partial charge on any atom is -0.492 e. The molecule has 0 aliphatic rings. The quantitative estimate of drug-likeness (QED) is 0.628. The van der Waals surface area contributed by atoms with Gasteiger partial charge in [0.25, 0.3) is 0 Å². The molecule has 2 N–H and O–H groups in total. The number of nitrogens with zero attached hydrogens (tertiary/aromatic N) is 1. The number of carbonyl (C=O) groups is 2. The molecule has 2 aromatic rings. The molecule has 21 heavy (non-hydrogen) atoms. The Labute approximate surface area is 121 Å². The summed E-state index contributed by atoms with van der Waals surface area (Å²) >= 11 is 0. The van der Waals surface area contributed by atoms with Gasteiger partial charge in [-0.05, 0) is 12.1 Å². The zero-order chi connectivity index (χ0) is 15.1. The minimum atomic E-state index is -1.08. The van der Waals surface area contributed by atoms with Crippen molar-refractivity contribution in [2.45, 2.75) is 0 Å². The van der Waals surface area contributed by atoms with Crippen LogP contribution >= 0.6 is 0 Å². The summed E-state index contributed by atoms with van der Waals surface area (Å²) < 4.78 is 5.44. The van der Waals surface area contributed by atoms with Crippen LogP contribution in [0, 0.1) is 0 Å². The van der Waals surface area contributed by atoms with Gasteiger partial charge in [0.15, 0.2) is 0 Å². The first-order valence-corrected chi connectivity index (χ1v) is 6.30. The Morgan fingerprint density at radius 2 is 2.19 bits per heavy atom. The van der Waals surface area contributed by atoms with Gasteiger partial charge in [-0.15, -0.1) is 0 Å². The Bertz CT molecular complexity index is 643. The van der Waals surface area contributed by atoms with E-state index in [0.29, 0.717) is 17.0 Å². The highest BCUT2D eigenvalue weighted by Gasteiger charge is 2.03. The maximum Gasteiger partial charge on any atom is 0.404 e. The fourth-order valence-corrected chi connectivity index (χ4v) is 1.76. The van der Waals surface area contributed by atoms with Crippen LogP contribution < -0.4 is 10.1 Å². The van der Waals surface area contributed by atoms with E-state index in [1.54, 1.807) is 36.5 Å². The van der Waals surface area contributed by atoms with Crippen molar-refractivity contribution in [2.75, 3.05) is 13.2 Å². The number of ether oxygens (including phenoxy) is 1. The third kappa shape index (κ3) is 4.31. The van der Waals surface area contributed by atoms with Crippen LogP contribution in [0.25, 0.3) is 11.3 Å². The number of hydrogen-bond acceptors (Lipinski definition) is 4. The number of rotatable bonds is 6. The van der Waals surface area contributed by atoms with Crippen LogP contribution in [0.3, 0.4) is 0 Å². The first-order valence-electron chi connectivity index (χ1n) is 6.30. The normalized spacial score (nSPS) is 9.90. The van der Waals surface area contributed by atoms with Gasteiger partial charge in [-0.2, -0.15) is 0 Å². The molecule has 1 heterocycles. The van der Waals surface area contributed by atoms with Crippen molar-refractivity contribution in [3.63, 3.8) is 0 Å². The fourth-order valence-electron chi connectivity index (χ4n) is 1.76. The predicted octanol–water partition coefficient (Wildman–Crippen LogP) is 2.21. The molecule has 2 rings (SSSR count). The van der Waals surface area contributed by atoms with Crippen molar-refractivity contribution in [2.24, 2.45) is 0 Å². The van der Waals surface area contributed by atoms with Crippen LogP contribution in [-0.4, -0.2) is 35.6 Å². The summed E-state index contributed by atoms with van der Waals surface area (Å²) in [4.78, 5) is 25.3. The molecule has 0 bridgehead atoms. The largest absolute Gasteiger partial charge is 0.492 e. The number of amides is 1. The van der Waals surface area contributed by atoms with Crippen molar-refractivity contribution < 1.29 is 19.4 Å². The van der Waals surface area contributed by atoms with Gasteiger partial charge in [0.2, 0.25) is 0 Å². The van der Waals surface area contributed by atoms with Crippen LogP contribution in [0.4, 0.5) is 4.79 Å². The molecule has 108 valence electrons. The summed E-state index contributed by atoms with van der Waals surface area (Å²) in [6.45, 7) is 0.428. The molecule has 0 atom stereocenters. The molecule has 0 radical (unpaired) electrons. The highest BCUT2D eigenvalue weighted by Crippen LogP contribution is 2.21. The highest BCUT2D eigenvalue weighted by atomic mass is 16.5. The molecule has 1 amide bonds. The molecule has 0 fully saturated rings. The molecule has 6 nitrogen and oxygen atoms in total. The smallest absolute Gasteiger partial charge is 0.404 e. The zero-order valence-electron chi connectivity index (χ0n) is 11.2. The molecule has 6 heteroatoms. The van der Waals surface area contributed by atoms with E-state index in [9.17, 15) is 9.59 Å². The standard InChI is InChI=1S/C15H14N2O4/c18-10-11-2-1-3-12(8-11)14-9-13(4-5-16-14)21-7-6-17-15(19)20/h1-5,8-10,17H,6-7H2,(H,19,20). The van der Waals surface area contributed by atoms with E-state index in [1.165, 1.54) is 0 Å². The average Bonchev–Trinajstić information content (AvgIpc) is 2.52. The number of nitrogens with one attached hydrogen (secondary N) is 1. The maximum atomic E-state index is 10.8. The molecular formula is C15H14N2O4. The molecule has 0 saturated heterocycles.